The van der Waals surface area contributed by atoms with Gasteiger partial charge in [-0.25, -0.2) is 4.90 Å². The molecule has 0 heterocycles. The van der Waals surface area contributed by atoms with Gasteiger partial charge in [-0.15, -0.1) is 0 Å². The van der Waals surface area contributed by atoms with E-state index in [4.69, 9.17) is 0 Å². The second-order valence-electron chi connectivity index (χ2n) is 4.14. The minimum Gasteiger partial charge on any atom is -0.508 e. The number of hydrogen-bond donors (Lipinski definition) is 3. The van der Waals surface area contributed by atoms with Crippen molar-refractivity contribution in [3.63, 3.8) is 0 Å². The van der Waals surface area contributed by atoms with Gasteiger partial charge in [0, 0.05) is 19.6 Å². The van der Waals surface area contributed by atoms with Gasteiger partial charge in [0.15, 0.2) is 0 Å². The van der Waals surface area contributed by atoms with Gasteiger partial charge >= 0.3 is 0 Å². The number of phenolic OH excluding ortho intramolecular Hbond substituents is 1. The van der Waals surface area contributed by atoms with Gasteiger partial charge in [-0.05, 0) is 24.3 Å². The van der Waals surface area contributed by atoms with Crippen LogP contribution in [0.1, 0.15) is 13.8 Å². The maximum absolute atomic E-state index is 12.3. The first-order chi connectivity index (χ1) is 9.36. The third-order valence-corrected chi connectivity index (χ3v) is 2.87. The fraction of sp³-hybridized carbons (Fsp3) is 0.308. The van der Waals surface area contributed by atoms with Crippen molar-refractivity contribution in [2.45, 2.75) is 19.9 Å². The maximum Gasteiger partial charge on any atom is 0.257 e. The Kier molecular flexibility index (Phi) is 5.57. The van der Waals surface area contributed by atoms with E-state index in [2.05, 4.69) is 17.9 Å². The molecule has 0 unspecified atom stereocenters. The molecule has 0 spiro atoms. The molecule has 0 fully saturated rings. The topological polar surface area (TPSA) is 86.7 Å². The molecule has 108 valence electrons. The normalized spacial score (nSPS) is 11.6. The third-order valence-electron chi connectivity index (χ3n) is 2.50. The molecule has 1 aromatic carbocycles. The number of carbonyl (C=O) groups excluding carboxylic acids is 3. The van der Waals surface area contributed by atoms with Crippen molar-refractivity contribution < 1.29 is 19.5 Å². The fourth-order valence-electron chi connectivity index (χ4n) is 1.65. The Labute approximate surface area is 122 Å². The van der Waals surface area contributed by atoms with E-state index in [0.717, 1.165) is 4.90 Å². The smallest absolute Gasteiger partial charge is 0.257 e. The van der Waals surface area contributed by atoms with Crippen molar-refractivity contribution in [3.05, 3.63) is 24.3 Å². The minimum absolute atomic E-state index is 0.0253. The molecule has 1 rings (SSSR count). The van der Waals surface area contributed by atoms with Crippen LogP contribution in [0.5, 0.6) is 5.75 Å². The minimum atomic E-state index is -0.895. The van der Waals surface area contributed by atoms with Crippen molar-refractivity contribution in [2.24, 2.45) is 0 Å². The van der Waals surface area contributed by atoms with Gasteiger partial charge in [0.2, 0.25) is 11.8 Å². The molecule has 2 N–H and O–H groups in total. The quantitative estimate of drug-likeness (QED) is 0.714. The summed E-state index contributed by atoms with van der Waals surface area (Å²) in [7, 11) is 0. The highest BCUT2D eigenvalue weighted by Crippen LogP contribution is 2.19. The number of thiol groups is 1. The number of rotatable bonds is 4. The van der Waals surface area contributed by atoms with E-state index in [1.54, 1.807) is 0 Å². The van der Waals surface area contributed by atoms with Crippen LogP contribution in [0.15, 0.2) is 24.3 Å². The van der Waals surface area contributed by atoms with Crippen molar-refractivity contribution in [2.75, 3.05) is 10.7 Å². The Hall–Kier alpha value is -2.02. The zero-order valence-electron chi connectivity index (χ0n) is 11.2. The maximum atomic E-state index is 12.3. The van der Waals surface area contributed by atoms with E-state index in [1.165, 1.54) is 38.1 Å². The lowest BCUT2D eigenvalue weighted by atomic mass is 10.2. The van der Waals surface area contributed by atoms with Crippen LogP contribution in [0.4, 0.5) is 5.69 Å². The van der Waals surface area contributed by atoms with Crippen molar-refractivity contribution >= 4 is 36.0 Å². The summed E-state index contributed by atoms with van der Waals surface area (Å²) in [5.41, 5.74) is 0.317. The average Bonchev–Trinajstić information content (AvgIpc) is 2.37. The van der Waals surface area contributed by atoms with Gasteiger partial charge in [-0.1, -0.05) is 0 Å². The summed E-state index contributed by atoms with van der Waals surface area (Å²) >= 11 is 4.01. The standard InChI is InChI=1S/C13H16N2O4S/c1-8(16)14-12(7-20)13(19)15(9(2)17)10-3-5-11(18)6-4-10/h3-6,12,18,20H,7H2,1-2H3,(H,14,16)/t12-/m0/s1. The number of hydrogen-bond acceptors (Lipinski definition) is 5. The number of imide groups is 1. The van der Waals surface area contributed by atoms with E-state index in [0.29, 0.717) is 5.69 Å². The lowest BCUT2D eigenvalue weighted by Crippen LogP contribution is -2.50. The lowest BCUT2D eigenvalue weighted by molar-refractivity contribution is -0.129. The number of nitrogens with zero attached hydrogens (tertiary/aromatic N) is 1. The molecule has 3 amide bonds. The predicted octanol–water partition coefficient (Wildman–Crippen LogP) is 0.706. The van der Waals surface area contributed by atoms with E-state index >= 15 is 0 Å². The molecule has 1 atom stereocenters. The highest BCUT2D eigenvalue weighted by Gasteiger charge is 2.28. The van der Waals surface area contributed by atoms with Crippen molar-refractivity contribution in [3.8, 4) is 5.75 Å². The molecule has 7 heteroatoms. The first kappa shape index (κ1) is 16.0. The zero-order chi connectivity index (χ0) is 15.3. The Morgan fingerprint density at radius 3 is 2.20 bits per heavy atom. The molecule has 0 saturated heterocycles. The van der Waals surface area contributed by atoms with Gasteiger partial charge in [0.1, 0.15) is 11.8 Å². The van der Waals surface area contributed by atoms with Gasteiger partial charge in [0.25, 0.3) is 5.91 Å². The Bertz CT molecular complexity index is 516. The number of amides is 3. The van der Waals surface area contributed by atoms with Crippen molar-refractivity contribution in [1.29, 1.82) is 0 Å². The molecule has 1 aromatic rings. The first-order valence-electron chi connectivity index (χ1n) is 5.88. The van der Waals surface area contributed by atoms with E-state index < -0.39 is 17.9 Å². The first-order valence-corrected chi connectivity index (χ1v) is 6.51. The molecule has 0 aliphatic rings. The number of benzene rings is 1. The SMILES string of the molecule is CC(=O)N[C@@H](CS)C(=O)N(C(C)=O)c1ccc(O)cc1. The highest BCUT2D eigenvalue weighted by molar-refractivity contribution is 7.80. The van der Waals surface area contributed by atoms with E-state index in [-0.39, 0.29) is 17.4 Å². The predicted molar refractivity (Wildman–Crippen MR) is 77.7 cm³/mol. The summed E-state index contributed by atoms with van der Waals surface area (Å²) < 4.78 is 0. The largest absolute Gasteiger partial charge is 0.508 e. The van der Waals surface area contributed by atoms with Crippen LogP contribution in [-0.2, 0) is 14.4 Å². The summed E-state index contributed by atoms with van der Waals surface area (Å²) in [6.07, 6.45) is 0. The average molecular weight is 296 g/mol. The van der Waals surface area contributed by atoms with Gasteiger partial charge < -0.3 is 10.4 Å². The van der Waals surface area contributed by atoms with Crippen molar-refractivity contribution in [1.82, 2.24) is 5.32 Å². The molecule has 0 aliphatic heterocycles. The van der Waals surface area contributed by atoms with Gasteiger partial charge in [-0.3, -0.25) is 14.4 Å². The van der Waals surface area contributed by atoms with Gasteiger partial charge in [-0.2, -0.15) is 12.6 Å². The monoisotopic (exact) mass is 296 g/mol. The molecule has 6 nitrogen and oxygen atoms in total. The van der Waals surface area contributed by atoms with Crippen LogP contribution in [0.2, 0.25) is 0 Å². The van der Waals surface area contributed by atoms with Crippen LogP contribution >= 0.6 is 12.6 Å². The second-order valence-corrected chi connectivity index (χ2v) is 4.51. The Morgan fingerprint density at radius 1 is 1.25 bits per heavy atom. The molecular weight excluding hydrogens is 280 g/mol. The summed E-state index contributed by atoms with van der Waals surface area (Å²) in [6, 6.07) is 4.73. The summed E-state index contributed by atoms with van der Waals surface area (Å²) in [5.74, 6) is -1.35. The third kappa shape index (κ3) is 3.99. The molecule has 0 aromatic heterocycles. The summed E-state index contributed by atoms with van der Waals surface area (Å²) in [6.45, 7) is 2.52. The second kappa shape index (κ2) is 6.95. The Balaban J connectivity index is 3.06. The number of anilines is 1. The number of aromatic hydroxyl groups is 1. The van der Waals surface area contributed by atoms with Crippen LogP contribution in [0.25, 0.3) is 0 Å². The van der Waals surface area contributed by atoms with E-state index in [1.807, 2.05) is 0 Å². The van der Waals surface area contributed by atoms with Crippen LogP contribution < -0.4 is 10.2 Å². The molecular formula is C13H16N2O4S. The molecule has 20 heavy (non-hydrogen) atoms. The number of nitrogens with one attached hydrogen (secondary N) is 1. The fourth-order valence-corrected chi connectivity index (χ4v) is 1.90. The number of phenols is 1. The summed E-state index contributed by atoms with van der Waals surface area (Å²) in [5, 5.41) is 11.7. The lowest BCUT2D eigenvalue weighted by Gasteiger charge is -2.24. The highest BCUT2D eigenvalue weighted by atomic mass is 32.1. The zero-order valence-corrected chi connectivity index (χ0v) is 12.1. The molecule has 0 radical (unpaired) electrons. The number of carbonyl (C=O) groups is 3. The molecule has 0 saturated carbocycles. The molecule has 0 bridgehead atoms. The van der Waals surface area contributed by atoms with Crippen LogP contribution in [0.3, 0.4) is 0 Å². The molecule has 0 aliphatic carbocycles. The summed E-state index contributed by atoms with van der Waals surface area (Å²) in [4.78, 5) is 36.0. The van der Waals surface area contributed by atoms with Gasteiger partial charge in [0.05, 0.1) is 5.69 Å². The van der Waals surface area contributed by atoms with E-state index in [9.17, 15) is 19.5 Å². The van der Waals surface area contributed by atoms with Crippen LogP contribution in [-0.4, -0.2) is 34.6 Å². The van der Waals surface area contributed by atoms with Crippen LogP contribution in [0, 0.1) is 0 Å². The Morgan fingerprint density at radius 2 is 1.80 bits per heavy atom.